The summed E-state index contributed by atoms with van der Waals surface area (Å²) in [6.07, 6.45) is 0. The van der Waals surface area contributed by atoms with Gasteiger partial charge in [0, 0.05) is 34.6 Å². The number of benzene rings is 2. The molecule has 4 N–H and O–H groups in total. The third-order valence-electron chi connectivity index (χ3n) is 2.24. The second-order valence-electron chi connectivity index (χ2n) is 3.83. The van der Waals surface area contributed by atoms with Crippen molar-refractivity contribution < 1.29 is 15.0 Å². The molecule has 0 saturated heterocycles. The molecule has 2 amide bonds. The molecule has 5 nitrogen and oxygen atoms in total. The Morgan fingerprint density at radius 3 is 2.21 bits per heavy atom. The van der Waals surface area contributed by atoms with Crippen LogP contribution in [0.5, 0.6) is 11.5 Å². The molecule has 0 atom stereocenters. The van der Waals surface area contributed by atoms with E-state index in [0.717, 1.165) is 0 Å². The molecule has 0 saturated carbocycles. The van der Waals surface area contributed by atoms with E-state index in [1.54, 1.807) is 24.3 Å². The predicted octanol–water partition coefficient (Wildman–Crippen LogP) is 3.40. The van der Waals surface area contributed by atoms with Gasteiger partial charge in [0.25, 0.3) is 0 Å². The van der Waals surface area contributed by atoms with E-state index in [2.05, 4.69) is 10.6 Å². The minimum absolute atomic E-state index is 0.141. The molecule has 2 aromatic rings. The number of hydrogen-bond donors (Lipinski definition) is 4. The van der Waals surface area contributed by atoms with Gasteiger partial charge in [-0.25, -0.2) is 4.79 Å². The number of amides is 2. The fourth-order valence-corrected chi connectivity index (χ4v) is 1.72. The molecular formula is C13H11ClN2O3. The molecule has 0 bridgehead atoms. The van der Waals surface area contributed by atoms with Crippen molar-refractivity contribution in [3.05, 3.63) is 47.5 Å². The highest BCUT2D eigenvalue weighted by atomic mass is 35.5. The Morgan fingerprint density at radius 1 is 0.947 bits per heavy atom. The van der Waals surface area contributed by atoms with Crippen LogP contribution < -0.4 is 10.6 Å². The summed E-state index contributed by atoms with van der Waals surface area (Å²) in [5.74, 6) is -0.281. The van der Waals surface area contributed by atoms with Crippen LogP contribution in [-0.4, -0.2) is 16.2 Å². The molecule has 0 unspecified atom stereocenters. The summed E-state index contributed by atoms with van der Waals surface area (Å²) in [6, 6.07) is 9.98. The fourth-order valence-electron chi connectivity index (χ4n) is 1.53. The van der Waals surface area contributed by atoms with E-state index >= 15 is 0 Å². The second-order valence-corrected chi connectivity index (χ2v) is 4.26. The third-order valence-corrected chi connectivity index (χ3v) is 2.48. The smallest absolute Gasteiger partial charge is 0.323 e. The maximum atomic E-state index is 11.7. The Labute approximate surface area is 114 Å². The predicted molar refractivity (Wildman–Crippen MR) is 73.9 cm³/mol. The number of hydrogen-bond acceptors (Lipinski definition) is 3. The fraction of sp³-hybridized carbons (Fsp3) is 0. The first kappa shape index (κ1) is 13.0. The van der Waals surface area contributed by atoms with Gasteiger partial charge >= 0.3 is 6.03 Å². The highest BCUT2D eigenvalue weighted by Gasteiger charge is 2.05. The van der Waals surface area contributed by atoms with Gasteiger partial charge < -0.3 is 20.8 Å². The van der Waals surface area contributed by atoms with Gasteiger partial charge in [0.2, 0.25) is 0 Å². The zero-order valence-electron chi connectivity index (χ0n) is 9.72. The monoisotopic (exact) mass is 278 g/mol. The third kappa shape index (κ3) is 3.79. The van der Waals surface area contributed by atoms with Crippen LogP contribution in [0.3, 0.4) is 0 Å². The first-order chi connectivity index (χ1) is 9.02. The van der Waals surface area contributed by atoms with E-state index in [1.807, 2.05) is 0 Å². The van der Waals surface area contributed by atoms with Crippen LogP contribution in [0.2, 0.25) is 5.02 Å². The Morgan fingerprint density at radius 2 is 1.58 bits per heavy atom. The lowest BCUT2D eigenvalue weighted by atomic mass is 10.3. The number of anilines is 2. The summed E-state index contributed by atoms with van der Waals surface area (Å²) in [7, 11) is 0. The summed E-state index contributed by atoms with van der Waals surface area (Å²) < 4.78 is 0. The number of aromatic hydroxyl groups is 2. The molecule has 2 aromatic carbocycles. The lowest BCUT2D eigenvalue weighted by molar-refractivity contribution is 0.262. The molecule has 6 heteroatoms. The molecule has 0 spiro atoms. The van der Waals surface area contributed by atoms with Crippen LogP contribution in [-0.2, 0) is 0 Å². The van der Waals surface area contributed by atoms with Crippen molar-refractivity contribution in [3.63, 3.8) is 0 Å². The Kier molecular flexibility index (Phi) is 3.77. The number of rotatable bonds is 2. The maximum absolute atomic E-state index is 11.7. The van der Waals surface area contributed by atoms with Crippen LogP contribution in [0.25, 0.3) is 0 Å². The summed E-state index contributed by atoms with van der Waals surface area (Å²) in [5, 5.41) is 24.1. The molecule has 0 fully saturated rings. The lowest BCUT2D eigenvalue weighted by Crippen LogP contribution is -2.19. The first-order valence-electron chi connectivity index (χ1n) is 5.39. The summed E-state index contributed by atoms with van der Waals surface area (Å²) in [6.45, 7) is 0. The quantitative estimate of drug-likeness (QED) is 0.679. The molecule has 0 aliphatic heterocycles. The van der Waals surface area contributed by atoms with Gasteiger partial charge in [-0.15, -0.1) is 0 Å². The summed E-state index contributed by atoms with van der Waals surface area (Å²) in [4.78, 5) is 11.7. The van der Waals surface area contributed by atoms with Gasteiger partial charge in [-0.1, -0.05) is 17.7 Å². The summed E-state index contributed by atoms with van der Waals surface area (Å²) >= 11 is 5.79. The van der Waals surface area contributed by atoms with Crippen LogP contribution >= 0.6 is 11.6 Å². The van der Waals surface area contributed by atoms with E-state index < -0.39 is 6.03 Å². The molecule has 0 aromatic heterocycles. The molecule has 0 aliphatic carbocycles. The number of phenolic OH excluding ortho intramolecular Hbond substituents is 2. The number of carbonyl (C=O) groups excluding carboxylic acids is 1. The normalized spacial score (nSPS) is 9.95. The number of nitrogens with one attached hydrogen (secondary N) is 2. The van der Waals surface area contributed by atoms with Crippen molar-refractivity contribution >= 4 is 29.0 Å². The van der Waals surface area contributed by atoms with Crippen LogP contribution in [0.15, 0.2) is 42.5 Å². The largest absolute Gasteiger partial charge is 0.508 e. The molecular weight excluding hydrogens is 268 g/mol. The molecule has 0 heterocycles. The van der Waals surface area contributed by atoms with E-state index in [0.29, 0.717) is 10.7 Å². The molecule has 0 radical (unpaired) electrons. The minimum Gasteiger partial charge on any atom is -0.508 e. The van der Waals surface area contributed by atoms with Crippen LogP contribution in [0, 0.1) is 0 Å². The van der Waals surface area contributed by atoms with Gasteiger partial charge in [0.15, 0.2) is 0 Å². The van der Waals surface area contributed by atoms with Gasteiger partial charge in [-0.3, -0.25) is 0 Å². The van der Waals surface area contributed by atoms with Crippen molar-refractivity contribution in [3.8, 4) is 11.5 Å². The Hall–Kier alpha value is -2.40. The van der Waals surface area contributed by atoms with Crippen LogP contribution in [0.4, 0.5) is 16.2 Å². The molecule has 98 valence electrons. The summed E-state index contributed by atoms with van der Waals surface area (Å²) in [5.41, 5.74) is 0.811. The minimum atomic E-state index is -0.507. The first-order valence-corrected chi connectivity index (χ1v) is 5.77. The van der Waals surface area contributed by atoms with Gasteiger partial charge in [-0.2, -0.15) is 0 Å². The standard InChI is InChI=1S/C13H11ClN2O3/c14-8-2-1-3-9(4-8)15-13(19)16-10-5-11(17)7-12(18)6-10/h1-7,17-18H,(H2,15,16,19). The highest BCUT2D eigenvalue weighted by molar-refractivity contribution is 6.30. The number of halogens is 1. The van der Waals surface area contributed by atoms with Gasteiger partial charge in [0.05, 0.1) is 0 Å². The van der Waals surface area contributed by atoms with E-state index in [-0.39, 0.29) is 17.2 Å². The van der Waals surface area contributed by atoms with Gasteiger partial charge in [-0.05, 0) is 18.2 Å². The highest BCUT2D eigenvalue weighted by Crippen LogP contribution is 2.24. The van der Waals surface area contributed by atoms with E-state index in [4.69, 9.17) is 11.6 Å². The van der Waals surface area contributed by atoms with Crippen molar-refractivity contribution in [1.29, 1.82) is 0 Å². The van der Waals surface area contributed by atoms with Gasteiger partial charge in [0.1, 0.15) is 11.5 Å². The zero-order valence-corrected chi connectivity index (χ0v) is 10.5. The lowest BCUT2D eigenvalue weighted by Gasteiger charge is -2.08. The number of urea groups is 1. The van der Waals surface area contributed by atoms with E-state index in [9.17, 15) is 15.0 Å². The molecule has 19 heavy (non-hydrogen) atoms. The van der Waals surface area contributed by atoms with Crippen molar-refractivity contribution in [2.75, 3.05) is 10.6 Å². The average Bonchev–Trinajstić information content (AvgIpc) is 2.26. The number of carbonyl (C=O) groups is 1. The number of phenols is 2. The Bertz CT molecular complexity index is 596. The average molecular weight is 279 g/mol. The second kappa shape index (κ2) is 5.49. The Balaban J connectivity index is 2.05. The topological polar surface area (TPSA) is 81.6 Å². The van der Waals surface area contributed by atoms with Crippen LogP contribution in [0.1, 0.15) is 0 Å². The van der Waals surface area contributed by atoms with Crippen molar-refractivity contribution in [2.45, 2.75) is 0 Å². The molecule has 2 rings (SSSR count). The zero-order chi connectivity index (χ0) is 13.8. The molecule has 0 aliphatic rings. The van der Waals surface area contributed by atoms with Crippen molar-refractivity contribution in [2.24, 2.45) is 0 Å². The van der Waals surface area contributed by atoms with E-state index in [1.165, 1.54) is 18.2 Å². The maximum Gasteiger partial charge on any atom is 0.323 e. The van der Waals surface area contributed by atoms with Crippen molar-refractivity contribution in [1.82, 2.24) is 0 Å². The SMILES string of the molecule is O=C(Nc1cc(O)cc(O)c1)Nc1cccc(Cl)c1.